The van der Waals surface area contributed by atoms with Crippen molar-refractivity contribution in [3.8, 4) is 17.0 Å². The second-order valence-corrected chi connectivity index (χ2v) is 7.03. The molecule has 2 heterocycles. The van der Waals surface area contributed by atoms with Gasteiger partial charge in [-0.05, 0) is 18.2 Å². The summed E-state index contributed by atoms with van der Waals surface area (Å²) in [6.07, 6.45) is 1.58. The molecule has 152 valence electrons. The average molecular weight is 402 g/mol. The largest absolute Gasteiger partial charge is 0.427 e. The molecule has 0 aliphatic carbocycles. The Morgan fingerprint density at radius 2 is 1.67 bits per heavy atom. The molecule has 2 aromatic carbocycles. The van der Waals surface area contributed by atoms with Gasteiger partial charge in [-0.15, -0.1) is 0 Å². The first kappa shape index (κ1) is 19.6. The first-order chi connectivity index (χ1) is 14.6. The van der Waals surface area contributed by atoms with E-state index >= 15 is 0 Å². The summed E-state index contributed by atoms with van der Waals surface area (Å²) in [7, 11) is 0. The summed E-state index contributed by atoms with van der Waals surface area (Å²) in [5, 5.41) is 0. The number of nitrogens with zero attached hydrogens (tertiary/aromatic N) is 4. The first-order valence-corrected chi connectivity index (χ1v) is 9.80. The Balaban J connectivity index is 1.42. The topological polar surface area (TPSA) is 75.6 Å². The van der Waals surface area contributed by atoms with Gasteiger partial charge in [-0.2, -0.15) is 0 Å². The van der Waals surface area contributed by atoms with Crippen molar-refractivity contribution in [2.75, 3.05) is 31.1 Å². The van der Waals surface area contributed by atoms with E-state index in [0.717, 1.165) is 17.1 Å². The van der Waals surface area contributed by atoms with Crippen molar-refractivity contribution < 1.29 is 14.3 Å². The number of piperazine rings is 1. The fraction of sp³-hybridized carbons (Fsp3) is 0.217. The second-order valence-electron chi connectivity index (χ2n) is 7.03. The lowest BCUT2D eigenvalue weighted by atomic mass is 10.1. The number of anilines is 1. The van der Waals surface area contributed by atoms with Crippen LogP contribution < -0.4 is 9.64 Å². The summed E-state index contributed by atoms with van der Waals surface area (Å²) >= 11 is 0. The Morgan fingerprint density at radius 3 is 2.40 bits per heavy atom. The Labute approximate surface area is 174 Å². The fourth-order valence-electron chi connectivity index (χ4n) is 3.47. The molecule has 4 rings (SSSR count). The van der Waals surface area contributed by atoms with Gasteiger partial charge in [-0.3, -0.25) is 9.59 Å². The molecule has 0 N–H and O–H groups in total. The van der Waals surface area contributed by atoms with E-state index in [-0.39, 0.29) is 5.91 Å². The number of carbonyl (C=O) groups excluding carboxylic acids is 2. The van der Waals surface area contributed by atoms with E-state index in [1.165, 1.54) is 6.92 Å². The van der Waals surface area contributed by atoms with Crippen molar-refractivity contribution in [1.82, 2.24) is 14.9 Å². The van der Waals surface area contributed by atoms with E-state index in [4.69, 9.17) is 4.74 Å². The number of ether oxygens (including phenoxy) is 1. The van der Waals surface area contributed by atoms with Gasteiger partial charge in [-0.25, -0.2) is 9.97 Å². The van der Waals surface area contributed by atoms with Gasteiger partial charge in [0.05, 0.1) is 5.69 Å². The Bertz CT molecular complexity index is 1050. The number of benzene rings is 2. The van der Waals surface area contributed by atoms with Gasteiger partial charge in [0.2, 0.25) is 0 Å². The van der Waals surface area contributed by atoms with Gasteiger partial charge in [0.25, 0.3) is 5.91 Å². The molecule has 0 spiro atoms. The van der Waals surface area contributed by atoms with Crippen LogP contribution in [0.15, 0.2) is 67.0 Å². The molecule has 1 amide bonds. The zero-order valence-corrected chi connectivity index (χ0v) is 16.7. The predicted molar refractivity (Wildman–Crippen MR) is 113 cm³/mol. The molecule has 0 atom stereocenters. The maximum absolute atomic E-state index is 12.9. The third-order valence-corrected chi connectivity index (χ3v) is 4.96. The number of hydrogen-bond acceptors (Lipinski definition) is 6. The highest BCUT2D eigenvalue weighted by Crippen LogP contribution is 2.22. The molecule has 0 bridgehead atoms. The highest BCUT2D eigenvalue weighted by molar-refractivity contribution is 5.95. The summed E-state index contributed by atoms with van der Waals surface area (Å²) in [5.41, 5.74) is 2.43. The Hall–Kier alpha value is -3.74. The third-order valence-electron chi connectivity index (χ3n) is 4.96. The number of carbonyl (C=O) groups is 2. The van der Waals surface area contributed by atoms with E-state index in [0.29, 0.717) is 37.5 Å². The lowest BCUT2D eigenvalue weighted by Gasteiger charge is -2.35. The van der Waals surface area contributed by atoms with Crippen molar-refractivity contribution in [1.29, 1.82) is 0 Å². The quantitative estimate of drug-likeness (QED) is 0.493. The zero-order valence-electron chi connectivity index (χ0n) is 16.7. The average Bonchev–Trinajstić information content (AvgIpc) is 2.79. The summed E-state index contributed by atoms with van der Waals surface area (Å²) in [5.74, 6) is 0.749. The molecular weight excluding hydrogens is 380 g/mol. The fourth-order valence-corrected chi connectivity index (χ4v) is 3.47. The molecule has 1 fully saturated rings. The molecule has 30 heavy (non-hydrogen) atoms. The van der Waals surface area contributed by atoms with Gasteiger partial charge in [-0.1, -0.05) is 36.4 Å². The van der Waals surface area contributed by atoms with Crippen LogP contribution in [0.1, 0.15) is 17.3 Å². The van der Waals surface area contributed by atoms with E-state index < -0.39 is 5.97 Å². The van der Waals surface area contributed by atoms with Crippen molar-refractivity contribution in [2.45, 2.75) is 6.92 Å². The SMILES string of the molecule is CC(=O)Oc1cccc(C(=O)N2CCN(c3cc(-c4ccccc4)ncn3)CC2)c1. The van der Waals surface area contributed by atoms with Crippen molar-refractivity contribution >= 4 is 17.7 Å². The summed E-state index contributed by atoms with van der Waals surface area (Å²) in [6.45, 7) is 3.87. The summed E-state index contributed by atoms with van der Waals surface area (Å²) in [6, 6.07) is 18.7. The van der Waals surface area contributed by atoms with Gasteiger partial charge >= 0.3 is 5.97 Å². The number of aromatic nitrogens is 2. The molecule has 3 aromatic rings. The minimum absolute atomic E-state index is 0.0729. The van der Waals surface area contributed by atoms with Crippen molar-refractivity contribution in [2.24, 2.45) is 0 Å². The lowest BCUT2D eigenvalue weighted by Crippen LogP contribution is -2.49. The van der Waals surface area contributed by atoms with Gasteiger partial charge < -0.3 is 14.5 Å². The van der Waals surface area contributed by atoms with Gasteiger partial charge in [0.15, 0.2) is 0 Å². The molecule has 7 nitrogen and oxygen atoms in total. The molecule has 0 radical (unpaired) electrons. The van der Waals surface area contributed by atoms with Crippen LogP contribution in [0, 0.1) is 0 Å². The molecule has 1 aliphatic heterocycles. The smallest absolute Gasteiger partial charge is 0.308 e. The van der Waals surface area contributed by atoms with Crippen LogP contribution >= 0.6 is 0 Å². The molecule has 1 saturated heterocycles. The number of amides is 1. The minimum atomic E-state index is -0.409. The maximum atomic E-state index is 12.9. The first-order valence-electron chi connectivity index (χ1n) is 9.80. The Morgan fingerprint density at radius 1 is 0.900 bits per heavy atom. The maximum Gasteiger partial charge on any atom is 0.308 e. The van der Waals surface area contributed by atoms with Crippen LogP contribution in [0.3, 0.4) is 0 Å². The Kier molecular flexibility index (Phi) is 5.70. The molecule has 0 unspecified atom stereocenters. The number of hydrogen-bond donors (Lipinski definition) is 0. The van der Waals surface area contributed by atoms with Crippen LogP contribution in [0.25, 0.3) is 11.3 Å². The number of rotatable bonds is 4. The summed E-state index contributed by atoms with van der Waals surface area (Å²) in [4.78, 5) is 36.8. The predicted octanol–water partition coefficient (Wildman–Crippen LogP) is 3.03. The highest BCUT2D eigenvalue weighted by Gasteiger charge is 2.23. The summed E-state index contributed by atoms with van der Waals surface area (Å²) < 4.78 is 5.08. The standard InChI is InChI=1S/C23H22N4O3/c1-17(28)30-20-9-5-8-19(14-20)23(29)27-12-10-26(11-13-27)22-15-21(24-16-25-22)18-6-3-2-4-7-18/h2-9,14-16H,10-13H2,1H3. The number of esters is 1. The van der Waals surface area contributed by atoms with Crippen LogP contribution in [0.2, 0.25) is 0 Å². The lowest BCUT2D eigenvalue weighted by molar-refractivity contribution is -0.131. The zero-order chi connectivity index (χ0) is 20.9. The van der Waals surface area contributed by atoms with Crippen LogP contribution in [-0.4, -0.2) is 52.9 Å². The van der Waals surface area contributed by atoms with Crippen LogP contribution in [-0.2, 0) is 4.79 Å². The van der Waals surface area contributed by atoms with E-state index in [1.54, 1.807) is 30.6 Å². The minimum Gasteiger partial charge on any atom is -0.427 e. The van der Waals surface area contributed by atoms with Crippen molar-refractivity contribution in [3.05, 3.63) is 72.6 Å². The van der Waals surface area contributed by atoms with E-state index in [2.05, 4.69) is 14.9 Å². The third kappa shape index (κ3) is 4.46. The van der Waals surface area contributed by atoms with Crippen LogP contribution in [0.4, 0.5) is 5.82 Å². The highest BCUT2D eigenvalue weighted by atomic mass is 16.5. The van der Waals surface area contributed by atoms with Crippen molar-refractivity contribution in [3.63, 3.8) is 0 Å². The molecular formula is C23H22N4O3. The molecule has 7 heteroatoms. The second kappa shape index (κ2) is 8.73. The van der Waals surface area contributed by atoms with Gasteiger partial charge in [0.1, 0.15) is 17.9 Å². The normalized spacial score (nSPS) is 13.8. The molecule has 1 aliphatic rings. The van der Waals surface area contributed by atoms with E-state index in [1.807, 2.05) is 41.3 Å². The molecule has 1 aromatic heterocycles. The van der Waals surface area contributed by atoms with E-state index in [9.17, 15) is 9.59 Å². The van der Waals surface area contributed by atoms with Gasteiger partial charge in [0, 0.05) is 50.3 Å². The molecule has 0 saturated carbocycles. The monoisotopic (exact) mass is 402 g/mol. The van der Waals surface area contributed by atoms with Crippen LogP contribution in [0.5, 0.6) is 5.75 Å².